The van der Waals surface area contributed by atoms with Crippen LogP contribution in [0.1, 0.15) is 28.8 Å². The minimum Gasteiger partial charge on any atom is -0.399 e. The zero-order chi connectivity index (χ0) is 17.4. The average Bonchev–Trinajstić information content (AvgIpc) is 2.88. The molecule has 1 radical (unpaired) electrons. The average molecular weight is 385 g/mol. The third-order valence-corrected chi connectivity index (χ3v) is 5.33. The van der Waals surface area contributed by atoms with E-state index in [0.717, 1.165) is 17.7 Å². The Morgan fingerprint density at radius 2 is 1.96 bits per heavy atom. The summed E-state index contributed by atoms with van der Waals surface area (Å²) in [5, 5.41) is 2.95. The first-order valence-electron chi connectivity index (χ1n) is 8.54. The fourth-order valence-corrected chi connectivity index (χ4v) is 3.88. The molecule has 5 nitrogen and oxygen atoms in total. The Morgan fingerprint density at radius 1 is 1.19 bits per heavy atom. The maximum atomic E-state index is 13.1. The molecule has 2 amide bonds. The fraction of sp³-hybridized carbons (Fsp3) is 0.300. The molecule has 26 heavy (non-hydrogen) atoms. The molecule has 1 atom stereocenters. The zero-order valence-electron chi connectivity index (χ0n) is 14.4. The third-order valence-electron chi connectivity index (χ3n) is 5.33. The Morgan fingerprint density at radius 3 is 2.65 bits per heavy atom. The van der Waals surface area contributed by atoms with Gasteiger partial charge in [-0.1, -0.05) is 12.1 Å². The second kappa shape index (κ2) is 7.18. The van der Waals surface area contributed by atoms with Crippen molar-refractivity contribution in [2.24, 2.45) is 5.41 Å². The predicted molar refractivity (Wildman–Crippen MR) is 96.2 cm³/mol. The molecular formula is C20H20N3O2V-. The summed E-state index contributed by atoms with van der Waals surface area (Å²) in [6.07, 6.45) is 2.12. The van der Waals surface area contributed by atoms with Crippen molar-refractivity contribution < 1.29 is 28.1 Å². The predicted octanol–water partition coefficient (Wildman–Crippen LogP) is 2.17. The molecule has 4 rings (SSSR count). The van der Waals surface area contributed by atoms with Gasteiger partial charge in [0.1, 0.15) is 0 Å². The molecule has 0 saturated carbocycles. The van der Waals surface area contributed by atoms with Crippen molar-refractivity contribution in [3.05, 3.63) is 59.7 Å². The second-order valence-electron chi connectivity index (χ2n) is 6.85. The second-order valence-corrected chi connectivity index (χ2v) is 6.85. The van der Waals surface area contributed by atoms with Crippen LogP contribution in [0.2, 0.25) is 0 Å². The first kappa shape index (κ1) is 18.6. The van der Waals surface area contributed by atoms with E-state index in [4.69, 9.17) is 5.73 Å². The van der Waals surface area contributed by atoms with Crippen LogP contribution >= 0.6 is 0 Å². The number of carbonyl (C=O) groups is 2. The number of rotatable bonds is 1. The normalized spacial score (nSPS) is 21.5. The van der Waals surface area contributed by atoms with E-state index in [2.05, 4.69) is 11.4 Å². The summed E-state index contributed by atoms with van der Waals surface area (Å²) >= 11 is 0. The van der Waals surface area contributed by atoms with Crippen LogP contribution in [-0.4, -0.2) is 24.9 Å². The van der Waals surface area contributed by atoms with Crippen molar-refractivity contribution in [2.45, 2.75) is 19.3 Å². The van der Waals surface area contributed by atoms with Gasteiger partial charge in [0.2, 0.25) is 5.91 Å². The number of benzene rings is 2. The molecule has 6 heteroatoms. The molecule has 2 aliphatic heterocycles. The Kier molecular flexibility index (Phi) is 5.12. The largest absolute Gasteiger partial charge is 0.399 e. The standard InChI is InChI=1S/C20H20N3O2.V/c21-16-7-5-14(6-8-16)18(24)23-12-10-20(9-11-22-19(20)25)13-15-3-1-2-4-17(15)23;/h2-8H,9-13,21H2,(H,22,25);/q-1;. The fourth-order valence-electron chi connectivity index (χ4n) is 3.88. The van der Waals surface area contributed by atoms with E-state index in [-0.39, 0.29) is 30.4 Å². The number of nitrogens with two attached hydrogens (primary N) is 1. The molecule has 0 aromatic heterocycles. The Balaban J connectivity index is 0.00000196. The number of nitrogens with one attached hydrogen (secondary N) is 1. The molecule has 0 bridgehead atoms. The molecule has 2 heterocycles. The van der Waals surface area contributed by atoms with Crippen molar-refractivity contribution in [2.75, 3.05) is 23.7 Å². The summed E-state index contributed by atoms with van der Waals surface area (Å²) in [7, 11) is 0. The van der Waals surface area contributed by atoms with Gasteiger partial charge in [-0.15, -0.1) is 11.6 Å². The van der Waals surface area contributed by atoms with Crippen molar-refractivity contribution in [3.63, 3.8) is 0 Å². The summed E-state index contributed by atoms with van der Waals surface area (Å²) in [6, 6.07) is 15.7. The molecule has 0 aliphatic carbocycles. The number of amides is 2. The van der Waals surface area contributed by atoms with Crippen LogP contribution < -0.4 is 16.0 Å². The number of hydrogen-bond donors (Lipinski definition) is 2. The van der Waals surface area contributed by atoms with Gasteiger partial charge < -0.3 is 16.0 Å². The van der Waals surface area contributed by atoms with Gasteiger partial charge in [0.25, 0.3) is 5.91 Å². The zero-order valence-corrected chi connectivity index (χ0v) is 15.8. The molecule has 2 aromatic carbocycles. The van der Waals surface area contributed by atoms with Crippen molar-refractivity contribution in [1.82, 2.24) is 5.32 Å². The molecule has 2 aliphatic rings. The van der Waals surface area contributed by atoms with Gasteiger partial charge in [-0.05, 0) is 37.1 Å². The number of fused-ring (bicyclic) bond motifs is 1. The molecule has 1 saturated heterocycles. The molecule has 3 N–H and O–H groups in total. The monoisotopic (exact) mass is 385 g/mol. The number of anilines is 2. The number of hydrogen-bond acceptors (Lipinski definition) is 3. The van der Waals surface area contributed by atoms with E-state index in [9.17, 15) is 9.59 Å². The molecule has 133 valence electrons. The van der Waals surface area contributed by atoms with Gasteiger partial charge in [0, 0.05) is 48.3 Å². The quantitative estimate of drug-likeness (QED) is 0.584. The number of carbonyl (C=O) groups excluding carboxylic acids is 2. The molecular weight excluding hydrogens is 365 g/mol. The van der Waals surface area contributed by atoms with Gasteiger partial charge in [0.05, 0.1) is 0 Å². The van der Waals surface area contributed by atoms with Gasteiger partial charge in [0.15, 0.2) is 0 Å². The van der Waals surface area contributed by atoms with E-state index < -0.39 is 5.41 Å². The van der Waals surface area contributed by atoms with Gasteiger partial charge >= 0.3 is 0 Å². The van der Waals surface area contributed by atoms with Gasteiger partial charge in [-0.2, -0.15) is 18.2 Å². The van der Waals surface area contributed by atoms with E-state index in [1.807, 2.05) is 18.2 Å². The summed E-state index contributed by atoms with van der Waals surface area (Å²) in [4.78, 5) is 27.3. The first-order valence-corrected chi connectivity index (χ1v) is 8.54. The van der Waals surface area contributed by atoms with Crippen LogP contribution in [0.25, 0.3) is 0 Å². The van der Waals surface area contributed by atoms with E-state index in [0.29, 0.717) is 37.2 Å². The van der Waals surface area contributed by atoms with Crippen molar-refractivity contribution in [1.29, 1.82) is 0 Å². The Hall–Kier alpha value is -2.24. The minimum absolute atomic E-state index is 0. The number of nitrogen functional groups attached to an aromatic ring is 1. The van der Waals surface area contributed by atoms with E-state index in [1.54, 1.807) is 29.2 Å². The third kappa shape index (κ3) is 3.13. The van der Waals surface area contributed by atoms with Crippen LogP contribution in [-0.2, 0) is 29.8 Å². The van der Waals surface area contributed by atoms with Crippen LogP contribution in [0, 0.1) is 11.5 Å². The molecule has 1 fully saturated rings. The Labute approximate surface area is 164 Å². The van der Waals surface area contributed by atoms with Crippen LogP contribution in [0.3, 0.4) is 0 Å². The first-order chi connectivity index (χ1) is 12.1. The Bertz CT molecular complexity index is 837. The topological polar surface area (TPSA) is 75.4 Å². The molecule has 1 spiro atoms. The van der Waals surface area contributed by atoms with Crippen LogP contribution in [0.5, 0.6) is 0 Å². The summed E-state index contributed by atoms with van der Waals surface area (Å²) in [5.74, 6) is 0.0343. The van der Waals surface area contributed by atoms with E-state index >= 15 is 0 Å². The minimum atomic E-state index is -0.417. The molecule has 2 aromatic rings. The van der Waals surface area contributed by atoms with Gasteiger partial charge in [-0.3, -0.25) is 9.59 Å². The molecule has 1 unspecified atom stereocenters. The van der Waals surface area contributed by atoms with E-state index in [1.165, 1.54) is 0 Å². The van der Waals surface area contributed by atoms with Gasteiger partial charge in [-0.25, -0.2) is 0 Å². The maximum absolute atomic E-state index is 13.1. The summed E-state index contributed by atoms with van der Waals surface area (Å²) < 4.78 is 0. The number of nitrogens with zero attached hydrogens (tertiary/aromatic N) is 1. The van der Waals surface area contributed by atoms with Crippen LogP contribution in [0.15, 0.2) is 42.5 Å². The summed E-state index contributed by atoms with van der Waals surface area (Å²) in [6.45, 7) is 1.23. The smallest absolute Gasteiger partial charge is 0.256 e. The summed E-state index contributed by atoms with van der Waals surface area (Å²) in [5.41, 5.74) is 8.41. The van der Waals surface area contributed by atoms with Crippen molar-refractivity contribution in [3.8, 4) is 0 Å². The van der Waals surface area contributed by atoms with Crippen LogP contribution in [0.4, 0.5) is 11.4 Å². The maximum Gasteiger partial charge on any atom is 0.256 e. The van der Waals surface area contributed by atoms with Crippen molar-refractivity contribution >= 4 is 23.2 Å². The SMILES string of the molecule is Nc1ccc(C(=O)N2CCC3(CCNC3=O)Cc3c[c-]ccc32)cc1.[V].